The third kappa shape index (κ3) is 5.91. The smallest absolute Gasteiger partial charge is 0.162 e. The lowest BCUT2D eigenvalue weighted by molar-refractivity contribution is 0.0889. The summed E-state index contributed by atoms with van der Waals surface area (Å²) < 4.78 is 5.95. The quantitative estimate of drug-likeness (QED) is 0.333. The number of phenolic OH excluding ortho intramolecular Hbond substituents is 3. The highest BCUT2D eigenvalue weighted by Crippen LogP contribution is 2.32. The van der Waals surface area contributed by atoms with Crippen LogP contribution in [-0.2, 0) is 19.3 Å². The molecule has 1 aliphatic rings. The van der Waals surface area contributed by atoms with Gasteiger partial charge in [0.15, 0.2) is 11.5 Å². The molecule has 0 aromatic heterocycles. The van der Waals surface area contributed by atoms with Crippen molar-refractivity contribution in [2.75, 3.05) is 0 Å². The lowest BCUT2D eigenvalue weighted by atomic mass is 9.95. The van der Waals surface area contributed by atoms with Crippen LogP contribution in [0.5, 0.6) is 23.0 Å². The fourth-order valence-electron chi connectivity index (χ4n) is 3.91. The first-order valence-electron chi connectivity index (χ1n) is 11.2. The number of ether oxygens (including phenoxy) is 1. The molecule has 0 spiro atoms. The molecule has 0 heterocycles. The fourth-order valence-corrected chi connectivity index (χ4v) is 3.91. The molecule has 176 valence electrons. The van der Waals surface area contributed by atoms with E-state index in [2.05, 4.69) is 0 Å². The average molecular weight is 461 g/mol. The summed E-state index contributed by atoms with van der Waals surface area (Å²) in [6.45, 7) is 0. The molecule has 1 aliphatic carbocycles. The number of hydrogen-bond acceptors (Lipinski definition) is 6. The van der Waals surface area contributed by atoms with E-state index in [-0.39, 0.29) is 28.8 Å². The zero-order chi connectivity index (χ0) is 24.1. The van der Waals surface area contributed by atoms with Gasteiger partial charge in [-0.2, -0.15) is 0 Å². The number of rotatable bonds is 8. The van der Waals surface area contributed by atoms with Crippen molar-refractivity contribution >= 4 is 0 Å². The molecule has 0 aliphatic heterocycles. The molecule has 0 saturated heterocycles. The number of phenols is 3. The first-order valence-corrected chi connectivity index (χ1v) is 11.2. The summed E-state index contributed by atoms with van der Waals surface area (Å²) in [5, 5.41) is 49.9. The number of benzene rings is 3. The van der Waals surface area contributed by atoms with Gasteiger partial charge in [0, 0.05) is 0 Å². The van der Waals surface area contributed by atoms with Crippen molar-refractivity contribution in [2.24, 2.45) is 0 Å². The Labute approximate surface area is 198 Å². The Kier molecular flexibility index (Phi) is 7.09. The van der Waals surface area contributed by atoms with Crippen LogP contribution in [0.25, 0.3) is 0 Å². The third-order valence-electron chi connectivity index (χ3n) is 5.90. The van der Waals surface area contributed by atoms with Gasteiger partial charge in [-0.05, 0) is 96.5 Å². The maximum atomic E-state index is 10.4. The lowest BCUT2D eigenvalue weighted by Crippen LogP contribution is -2.32. The number of aromatic hydroxyl groups is 3. The van der Waals surface area contributed by atoms with Gasteiger partial charge < -0.3 is 30.3 Å². The van der Waals surface area contributed by atoms with E-state index in [1.54, 1.807) is 42.5 Å². The Morgan fingerprint density at radius 2 is 1.15 bits per heavy atom. The predicted octanol–water partition coefficient (Wildman–Crippen LogP) is 4.71. The first-order chi connectivity index (χ1) is 16.4. The molecule has 4 rings (SSSR count). The molecule has 0 bridgehead atoms. The Hall–Kier alpha value is -3.90. The van der Waals surface area contributed by atoms with Crippen LogP contribution in [0.4, 0.5) is 0 Å². The van der Waals surface area contributed by atoms with Gasteiger partial charge in [0.2, 0.25) is 0 Å². The summed E-state index contributed by atoms with van der Waals surface area (Å²) in [7, 11) is 0. The minimum atomic E-state index is -1.06. The van der Waals surface area contributed by atoms with E-state index in [4.69, 9.17) is 4.74 Å². The largest absolute Gasteiger partial charge is 0.508 e. The molecule has 5 N–H and O–H groups in total. The van der Waals surface area contributed by atoms with E-state index >= 15 is 0 Å². The highest BCUT2D eigenvalue weighted by molar-refractivity contribution is 5.43. The molecule has 6 heteroatoms. The van der Waals surface area contributed by atoms with Crippen LogP contribution in [-0.4, -0.2) is 37.7 Å². The number of hydrogen-bond donors (Lipinski definition) is 5. The number of aliphatic hydroxyl groups is 2. The molecular weight excluding hydrogens is 432 g/mol. The molecule has 6 nitrogen and oxygen atoms in total. The standard InChI is InChI=1S/C28H28O6/c29-22-10-4-18(5-11-22)1-2-20-8-14-24(31)27(15-20)34-28-16-21(25(32)17-26(28)33)9-3-19-6-12-23(30)13-7-19/h4-8,10-17,26,28-33H,1-3,9H2. The van der Waals surface area contributed by atoms with Crippen molar-refractivity contribution in [3.63, 3.8) is 0 Å². The van der Waals surface area contributed by atoms with E-state index < -0.39 is 12.2 Å². The van der Waals surface area contributed by atoms with Gasteiger partial charge in [-0.25, -0.2) is 0 Å². The minimum Gasteiger partial charge on any atom is -0.508 e. The number of aliphatic hydroxyl groups excluding tert-OH is 2. The van der Waals surface area contributed by atoms with Gasteiger partial charge in [0.05, 0.1) is 0 Å². The van der Waals surface area contributed by atoms with Crippen molar-refractivity contribution in [3.05, 3.63) is 107 Å². The zero-order valence-electron chi connectivity index (χ0n) is 18.6. The predicted molar refractivity (Wildman–Crippen MR) is 129 cm³/mol. The summed E-state index contributed by atoms with van der Waals surface area (Å²) >= 11 is 0. The maximum absolute atomic E-state index is 10.4. The summed E-state index contributed by atoms with van der Waals surface area (Å²) in [5.41, 5.74) is 3.69. The molecule has 2 unspecified atom stereocenters. The van der Waals surface area contributed by atoms with E-state index in [0.717, 1.165) is 23.1 Å². The normalized spacial score (nSPS) is 17.7. The van der Waals surface area contributed by atoms with Crippen LogP contribution in [0.15, 0.2) is 90.2 Å². The van der Waals surface area contributed by atoms with Crippen LogP contribution >= 0.6 is 0 Å². The fraction of sp³-hybridized carbons (Fsp3) is 0.214. The third-order valence-corrected chi connectivity index (χ3v) is 5.90. The number of allylic oxidation sites excluding steroid dienone is 1. The van der Waals surface area contributed by atoms with Gasteiger partial charge in [-0.3, -0.25) is 0 Å². The van der Waals surface area contributed by atoms with Crippen LogP contribution in [0, 0.1) is 0 Å². The van der Waals surface area contributed by atoms with E-state index in [9.17, 15) is 25.5 Å². The summed E-state index contributed by atoms with van der Waals surface area (Å²) in [4.78, 5) is 0. The second-order valence-electron chi connectivity index (χ2n) is 8.45. The Bertz CT molecular complexity index is 1180. The average Bonchev–Trinajstić information content (AvgIpc) is 2.82. The van der Waals surface area contributed by atoms with E-state index in [0.29, 0.717) is 24.8 Å². The maximum Gasteiger partial charge on any atom is 0.162 e. The molecule has 3 aromatic rings. The van der Waals surface area contributed by atoms with Crippen LogP contribution in [0.1, 0.15) is 23.1 Å². The van der Waals surface area contributed by atoms with Crippen LogP contribution < -0.4 is 4.74 Å². The highest BCUT2D eigenvalue weighted by atomic mass is 16.5. The second kappa shape index (κ2) is 10.4. The Morgan fingerprint density at radius 3 is 1.76 bits per heavy atom. The van der Waals surface area contributed by atoms with Gasteiger partial charge in [0.1, 0.15) is 29.5 Å². The zero-order valence-corrected chi connectivity index (χ0v) is 18.6. The van der Waals surface area contributed by atoms with Crippen molar-refractivity contribution in [1.29, 1.82) is 0 Å². The molecule has 0 radical (unpaired) electrons. The molecule has 34 heavy (non-hydrogen) atoms. The van der Waals surface area contributed by atoms with E-state index in [1.807, 2.05) is 30.3 Å². The summed E-state index contributed by atoms with van der Waals surface area (Å²) in [6.07, 6.45) is 3.85. The van der Waals surface area contributed by atoms with Crippen molar-refractivity contribution in [2.45, 2.75) is 37.9 Å². The first kappa shape index (κ1) is 23.3. The van der Waals surface area contributed by atoms with Gasteiger partial charge in [-0.1, -0.05) is 30.3 Å². The van der Waals surface area contributed by atoms with Crippen molar-refractivity contribution < 1.29 is 30.3 Å². The minimum absolute atomic E-state index is 0.0120. The molecular formula is C28H28O6. The molecule has 0 amide bonds. The number of aryl methyl sites for hydroxylation is 3. The van der Waals surface area contributed by atoms with Crippen LogP contribution in [0.3, 0.4) is 0 Å². The van der Waals surface area contributed by atoms with Crippen LogP contribution in [0.2, 0.25) is 0 Å². The summed E-state index contributed by atoms with van der Waals surface area (Å²) in [6, 6.07) is 19.1. The second-order valence-corrected chi connectivity index (χ2v) is 8.45. The molecule has 3 aromatic carbocycles. The molecule has 0 saturated carbocycles. The Morgan fingerprint density at radius 1 is 0.618 bits per heavy atom. The molecule has 0 fully saturated rings. The Balaban J connectivity index is 1.43. The van der Waals surface area contributed by atoms with Gasteiger partial charge in [-0.15, -0.1) is 0 Å². The van der Waals surface area contributed by atoms with Crippen molar-refractivity contribution in [1.82, 2.24) is 0 Å². The highest BCUT2D eigenvalue weighted by Gasteiger charge is 2.25. The monoisotopic (exact) mass is 460 g/mol. The van der Waals surface area contributed by atoms with Crippen molar-refractivity contribution in [3.8, 4) is 23.0 Å². The van der Waals surface area contributed by atoms with Gasteiger partial charge in [0.25, 0.3) is 0 Å². The SMILES string of the molecule is OC1=CC(O)C(Oc2cc(CCc3ccc(O)cc3)ccc2O)C=C1CCc1ccc(O)cc1. The lowest BCUT2D eigenvalue weighted by Gasteiger charge is -2.25. The van der Waals surface area contributed by atoms with Gasteiger partial charge >= 0.3 is 0 Å². The molecule has 2 atom stereocenters. The topological polar surface area (TPSA) is 110 Å². The summed E-state index contributed by atoms with van der Waals surface area (Å²) in [5.74, 6) is 0.670. The van der Waals surface area contributed by atoms with E-state index in [1.165, 1.54) is 6.08 Å².